The second-order valence-corrected chi connectivity index (χ2v) is 11.5. The zero-order valence-corrected chi connectivity index (χ0v) is 20.7. The Labute approximate surface area is 207 Å². The molecule has 7 nitrogen and oxygen atoms in total. The van der Waals surface area contributed by atoms with Gasteiger partial charge in [0, 0.05) is 19.0 Å². The molecule has 4 aliphatic rings. The molecule has 1 spiro atoms. The van der Waals surface area contributed by atoms with Crippen LogP contribution in [-0.2, 0) is 19.7 Å². The van der Waals surface area contributed by atoms with Gasteiger partial charge in [-0.2, -0.15) is 0 Å². The normalized spacial score (nSPS) is 33.2. The number of hydrogen-bond donors (Lipinski definition) is 2. The Balaban J connectivity index is 1.25. The number of hydrogen-bond acceptors (Lipinski definition) is 4. The first-order valence-corrected chi connectivity index (χ1v) is 13.4. The summed E-state index contributed by atoms with van der Waals surface area (Å²) in [6, 6.07) is 8.25. The molecule has 6 atom stereocenters. The summed E-state index contributed by atoms with van der Waals surface area (Å²) in [7, 11) is 0. The first-order chi connectivity index (χ1) is 16.8. The fourth-order valence-electron chi connectivity index (χ4n) is 7.92. The predicted molar refractivity (Wildman–Crippen MR) is 131 cm³/mol. The van der Waals surface area contributed by atoms with Crippen molar-refractivity contribution < 1.29 is 24.2 Å². The number of amides is 2. The predicted octanol–water partition coefficient (Wildman–Crippen LogP) is 4.44. The largest absolute Gasteiger partial charge is 0.481 e. The van der Waals surface area contributed by atoms with E-state index in [2.05, 4.69) is 19.1 Å². The van der Waals surface area contributed by atoms with Gasteiger partial charge in [0.15, 0.2) is 0 Å². The molecule has 0 aromatic heterocycles. The second kappa shape index (κ2) is 9.47. The number of nitrogens with zero attached hydrogens (tertiary/aromatic N) is 1. The Morgan fingerprint density at radius 1 is 1.11 bits per heavy atom. The van der Waals surface area contributed by atoms with E-state index in [9.17, 15) is 19.5 Å². The fourth-order valence-corrected chi connectivity index (χ4v) is 7.92. The van der Waals surface area contributed by atoms with Gasteiger partial charge in [-0.1, -0.05) is 31.2 Å². The van der Waals surface area contributed by atoms with E-state index < -0.39 is 5.97 Å². The molecule has 2 saturated carbocycles. The lowest BCUT2D eigenvalue weighted by atomic mass is 9.62. The summed E-state index contributed by atoms with van der Waals surface area (Å²) in [5.74, 6) is 0.00119. The van der Waals surface area contributed by atoms with Crippen molar-refractivity contribution in [3.63, 3.8) is 0 Å². The quantitative estimate of drug-likeness (QED) is 0.645. The summed E-state index contributed by atoms with van der Waals surface area (Å²) in [6.45, 7) is 3.40. The molecule has 1 aromatic rings. The standard InChI is InChI=1S/C28H38N2O5/c1-2-18-11-17-12-19(14-20(13-17)26(29)33)25(18)35-27(34)30-9-7-28(8-10-30)16-21(15-24(31)32)22-5-3-4-6-23(22)28/h3-6,17-21,25H,2,7-16H2,1H3,(H2,29,33)(H,31,32). The third kappa shape index (κ3) is 4.54. The molecule has 1 aliphatic heterocycles. The Hall–Kier alpha value is -2.57. The molecular weight excluding hydrogens is 444 g/mol. The third-order valence-corrected chi connectivity index (χ3v) is 9.58. The number of carbonyl (C=O) groups is 3. The van der Waals surface area contributed by atoms with Gasteiger partial charge in [0.25, 0.3) is 0 Å². The Morgan fingerprint density at radius 2 is 1.86 bits per heavy atom. The number of carboxylic acid groups (broad SMARTS) is 1. The first-order valence-electron chi connectivity index (χ1n) is 13.4. The first kappa shape index (κ1) is 24.1. The lowest BCUT2D eigenvalue weighted by Gasteiger charge is -2.47. The van der Waals surface area contributed by atoms with Crippen LogP contribution in [0.3, 0.4) is 0 Å². The maximum Gasteiger partial charge on any atom is 0.410 e. The molecule has 3 N–H and O–H groups in total. The van der Waals surface area contributed by atoms with E-state index in [0.717, 1.165) is 56.9 Å². The SMILES string of the molecule is CCC1CC2CC(C(N)=O)CC(C2)C1OC(=O)N1CCC2(CC1)CC(CC(=O)O)c1ccccc12. The lowest BCUT2D eigenvalue weighted by molar-refractivity contribution is -0.137. The maximum atomic E-state index is 13.3. The Kier molecular flexibility index (Phi) is 6.53. The van der Waals surface area contributed by atoms with E-state index in [-0.39, 0.29) is 47.7 Å². The van der Waals surface area contributed by atoms with Crippen LogP contribution in [0.1, 0.15) is 81.8 Å². The van der Waals surface area contributed by atoms with Gasteiger partial charge >= 0.3 is 12.1 Å². The van der Waals surface area contributed by atoms with Gasteiger partial charge in [-0.15, -0.1) is 0 Å². The molecule has 1 saturated heterocycles. The van der Waals surface area contributed by atoms with Crippen LogP contribution in [0.15, 0.2) is 24.3 Å². The molecule has 190 valence electrons. The third-order valence-electron chi connectivity index (χ3n) is 9.58. The number of ether oxygens (including phenoxy) is 1. The average molecular weight is 483 g/mol. The molecule has 1 aromatic carbocycles. The van der Waals surface area contributed by atoms with Gasteiger partial charge in [0.2, 0.25) is 5.91 Å². The van der Waals surface area contributed by atoms with Crippen molar-refractivity contribution in [3.05, 3.63) is 35.4 Å². The van der Waals surface area contributed by atoms with Gasteiger partial charge in [-0.05, 0) is 91.6 Å². The summed E-state index contributed by atoms with van der Waals surface area (Å²) >= 11 is 0. The van der Waals surface area contributed by atoms with Crippen molar-refractivity contribution in [1.82, 2.24) is 4.90 Å². The number of carbonyl (C=O) groups excluding carboxylic acids is 2. The number of aliphatic carboxylic acids is 1. The number of carboxylic acids is 1. The van der Waals surface area contributed by atoms with Gasteiger partial charge in [-0.25, -0.2) is 4.79 Å². The molecule has 7 heteroatoms. The number of fused-ring (bicyclic) bond motifs is 4. The zero-order chi connectivity index (χ0) is 24.7. The molecule has 2 amide bonds. The van der Waals surface area contributed by atoms with Crippen LogP contribution in [0, 0.1) is 23.7 Å². The van der Waals surface area contributed by atoms with Crippen molar-refractivity contribution in [1.29, 1.82) is 0 Å². The zero-order valence-electron chi connectivity index (χ0n) is 20.7. The summed E-state index contributed by atoms with van der Waals surface area (Å²) < 4.78 is 6.20. The Bertz CT molecular complexity index is 985. The van der Waals surface area contributed by atoms with Gasteiger partial charge < -0.3 is 20.5 Å². The second-order valence-electron chi connectivity index (χ2n) is 11.5. The van der Waals surface area contributed by atoms with Crippen molar-refractivity contribution in [2.75, 3.05) is 13.1 Å². The van der Waals surface area contributed by atoms with Crippen LogP contribution < -0.4 is 5.73 Å². The van der Waals surface area contributed by atoms with E-state index in [0.29, 0.717) is 24.9 Å². The van der Waals surface area contributed by atoms with Crippen LogP contribution in [0.5, 0.6) is 0 Å². The van der Waals surface area contributed by atoms with Crippen molar-refractivity contribution in [3.8, 4) is 0 Å². The molecule has 5 rings (SSSR count). The number of benzene rings is 1. The summed E-state index contributed by atoms with van der Waals surface area (Å²) in [5.41, 5.74) is 8.01. The minimum Gasteiger partial charge on any atom is -0.481 e. The van der Waals surface area contributed by atoms with E-state index in [1.165, 1.54) is 5.56 Å². The average Bonchev–Trinajstić information content (AvgIpc) is 3.13. The monoisotopic (exact) mass is 482 g/mol. The van der Waals surface area contributed by atoms with Gasteiger partial charge in [0.05, 0.1) is 6.42 Å². The molecule has 3 aliphatic carbocycles. The van der Waals surface area contributed by atoms with Crippen LogP contribution in [-0.4, -0.2) is 47.2 Å². The number of nitrogens with two attached hydrogens (primary N) is 1. The summed E-state index contributed by atoms with van der Waals surface area (Å²) in [6.07, 6.45) is 6.84. The molecule has 2 bridgehead atoms. The van der Waals surface area contributed by atoms with Crippen LogP contribution >= 0.6 is 0 Å². The van der Waals surface area contributed by atoms with Crippen LogP contribution in [0.2, 0.25) is 0 Å². The highest BCUT2D eigenvalue weighted by atomic mass is 16.6. The van der Waals surface area contributed by atoms with E-state index in [1.807, 2.05) is 17.0 Å². The molecule has 3 fully saturated rings. The van der Waals surface area contributed by atoms with Crippen molar-refractivity contribution >= 4 is 18.0 Å². The molecule has 35 heavy (non-hydrogen) atoms. The Morgan fingerprint density at radius 3 is 2.54 bits per heavy atom. The fraction of sp³-hybridized carbons (Fsp3) is 0.679. The topological polar surface area (TPSA) is 110 Å². The smallest absolute Gasteiger partial charge is 0.410 e. The van der Waals surface area contributed by atoms with Crippen LogP contribution in [0.25, 0.3) is 0 Å². The highest BCUT2D eigenvalue weighted by Gasteiger charge is 2.48. The number of primary amides is 1. The summed E-state index contributed by atoms with van der Waals surface area (Å²) in [5, 5.41) is 9.41. The van der Waals surface area contributed by atoms with Gasteiger partial charge in [-0.3, -0.25) is 9.59 Å². The number of piperidine rings is 1. The van der Waals surface area contributed by atoms with Crippen LogP contribution in [0.4, 0.5) is 4.79 Å². The maximum absolute atomic E-state index is 13.3. The highest BCUT2D eigenvalue weighted by Crippen LogP contribution is 2.53. The van der Waals surface area contributed by atoms with Crippen molar-refractivity contribution in [2.45, 2.75) is 82.1 Å². The molecule has 1 heterocycles. The molecule has 0 radical (unpaired) electrons. The number of rotatable bonds is 5. The van der Waals surface area contributed by atoms with E-state index in [1.54, 1.807) is 0 Å². The van der Waals surface area contributed by atoms with Crippen molar-refractivity contribution in [2.24, 2.45) is 29.4 Å². The van der Waals surface area contributed by atoms with E-state index >= 15 is 0 Å². The highest BCUT2D eigenvalue weighted by molar-refractivity contribution is 5.76. The van der Waals surface area contributed by atoms with Gasteiger partial charge in [0.1, 0.15) is 6.10 Å². The molecular formula is C28H38N2O5. The summed E-state index contributed by atoms with van der Waals surface area (Å²) in [4.78, 5) is 38.5. The van der Waals surface area contributed by atoms with E-state index in [4.69, 9.17) is 10.5 Å². The molecule has 6 unspecified atom stereocenters. The number of likely N-dealkylation sites (tertiary alicyclic amines) is 1. The minimum atomic E-state index is -0.760. The minimum absolute atomic E-state index is 0.0344. The lowest BCUT2D eigenvalue weighted by Crippen LogP contribution is -2.50.